The molecule has 4 N–H and O–H groups in total. The molecule has 1 aliphatic rings. The highest BCUT2D eigenvalue weighted by Crippen LogP contribution is 2.18. The number of fused-ring (bicyclic) bond motifs is 1. The first kappa shape index (κ1) is 10.3. The topological polar surface area (TPSA) is 85.6 Å². The maximum atomic E-state index is 11.4. The molecule has 1 aliphatic heterocycles. The van der Waals surface area contributed by atoms with Crippen LogP contribution in [0.25, 0.3) is 11.0 Å². The normalized spacial score (nSPS) is 20.6. The van der Waals surface area contributed by atoms with E-state index in [1.807, 2.05) is 6.07 Å². The van der Waals surface area contributed by atoms with E-state index in [0.717, 1.165) is 37.0 Å². The van der Waals surface area contributed by atoms with Gasteiger partial charge < -0.3 is 15.6 Å². The van der Waals surface area contributed by atoms with E-state index in [1.54, 1.807) is 6.20 Å². The molecule has 0 bridgehead atoms. The molecule has 0 aliphatic carbocycles. The van der Waals surface area contributed by atoms with Crippen molar-refractivity contribution >= 4 is 16.9 Å². The SMILES string of the molecule is O=c1nc(NC2CCCNC2)c2cc[nH]c2[nH]1. The second-order valence-electron chi connectivity index (χ2n) is 4.34. The van der Waals surface area contributed by atoms with Crippen molar-refractivity contribution in [2.75, 3.05) is 18.4 Å². The van der Waals surface area contributed by atoms with Gasteiger partial charge in [-0.05, 0) is 25.5 Å². The molecule has 3 heterocycles. The Morgan fingerprint density at radius 2 is 2.41 bits per heavy atom. The summed E-state index contributed by atoms with van der Waals surface area (Å²) in [6.07, 6.45) is 4.05. The zero-order chi connectivity index (χ0) is 11.7. The monoisotopic (exact) mass is 233 g/mol. The molecule has 0 amide bonds. The van der Waals surface area contributed by atoms with Crippen LogP contribution in [0.2, 0.25) is 0 Å². The number of anilines is 1. The molecule has 2 aromatic rings. The summed E-state index contributed by atoms with van der Waals surface area (Å²) in [6, 6.07) is 2.26. The summed E-state index contributed by atoms with van der Waals surface area (Å²) in [4.78, 5) is 21.1. The molecule has 0 saturated carbocycles. The fourth-order valence-corrected chi connectivity index (χ4v) is 2.25. The van der Waals surface area contributed by atoms with Gasteiger partial charge in [-0.3, -0.25) is 4.98 Å². The van der Waals surface area contributed by atoms with Crippen LogP contribution < -0.4 is 16.3 Å². The van der Waals surface area contributed by atoms with Gasteiger partial charge in [0.1, 0.15) is 11.5 Å². The third kappa shape index (κ3) is 2.03. The largest absolute Gasteiger partial charge is 0.365 e. The fraction of sp³-hybridized carbons (Fsp3) is 0.455. The lowest BCUT2D eigenvalue weighted by molar-refractivity contribution is 0.479. The summed E-state index contributed by atoms with van der Waals surface area (Å²) in [5.41, 5.74) is 0.391. The summed E-state index contributed by atoms with van der Waals surface area (Å²) in [5.74, 6) is 0.665. The van der Waals surface area contributed by atoms with E-state index in [0.29, 0.717) is 11.9 Å². The lowest BCUT2D eigenvalue weighted by Gasteiger charge is -2.24. The van der Waals surface area contributed by atoms with Crippen LogP contribution >= 0.6 is 0 Å². The van der Waals surface area contributed by atoms with E-state index >= 15 is 0 Å². The Bertz CT molecular complexity index is 566. The number of aromatic amines is 2. The molecule has 1 fully saturated rings. The van der Waals surface area contributed by atoms with Gasteiger partial charge >= 0.3 is 5.69 Å². The third-order valence-electron chi connectivity index (χ3n) is 3.09. The van der Waals surface area contributed by atoms with Crippen LogP contribution in [0.5, 0.6) is 0 Å². The minimum atomic E-state index is -0.328. The van der Waals surface area contributed by atoms with Gasteiger partial charge in [0.05, 0.1) is 5.39 Å². The van der Waals surface area contributed by atoms with Crippen LogP contribution in [0.3, 0.4) is 0 Å². The number of piperidine rings is 1. The summed E-state index contributed by atoms with van der Waals surface area (Å²) in [5, 5.41) is 7.59. The van der Waals surface area contributed by atoms with E-state index in [1.165, 1.54) is 0 Å². The summed E-state index contributed by atoms with van der Waals surface area (Å²) in [6.45, 7) is 1.99. The van der Waals surface area contributed by atoms with Gasteiger partial charge in [0.15, 0.2) is 0 Å². The predicted molar refractivity (Wildman–Crippen MR) is 66.2 cm³/mol. The molecule has 0 radical (unpaired) electrons. The Morgan fingerprint density at radius 1 is 1.47 bits per heavy atom. The van der Waals surface area contributed by atoms with Crippen LogP contribution in [-0.2, 0) is 0 Å². The van der Waals surface area contributed by atoms with Crippen LogP contribution in [0.15, 0.2) is 17.1 Å². The maximum absolute atomic E-state index is 11.4. The lowest BCUT2D eigenvalue weighted by atomic mass is 10.1. The number of H-pyrrole nitrogens is 2. The molecular formula is C11H15N5O. The Kier molecular flexibility index (Phi) is 2.56. The van der Waals surface area contributed by atoms with Crippen molar-refractivity contribution in [1.29, 1.82) is 0 Å². The molecular weight excluding hydrogens is 218 g/mol. The van der Waals surface area contributed by atoms with Gasteiger partial charge in [0.2, 0.25) is 0 Å². The molecule has 90 valence electrons. The second kappa shape index (κ2) is 4.21. The Labute approximate surface area is 97.8 Å². The number of hydrogen-bond acceptors (Lipinski definition) is 4. The van der Waals surface area contributed by atoms with Crippen LogP contribution in [0.4, 0.5) is 5.82 Å². The van der Waals surface area contributed by atoms with E-state index in [9.17, 15) is 4.79 Å². The average Bonchev–Trinajstić information content (AvgIpc) is 2.78. The zero-order valence-corrected chi connectivity index (χ0v) is 9.42. The van der Waals surface area contributed by atoms with Gasteiger partial charge in [-0.1, -0.05) is 0 Å². The maximum Gasteiger partial charge on any atom is 0.348 e. The highest BCUT2D eigenvalue weighted by atomic mass is 16.1. The molecule has 17 heavy (non-hydrogen) atoms. The lowest BCUT2D eigenvalue weighted by Crippen LogP contribution is -2.39. The Hall–Kier alpha value is -1.82. The minimum absolute atomic E-state index is 0.328. The summed E-state index contributed by atoms with van der Waals surface area (Å²) >= 11 is 0. The van der Waals surface area contributed by atoms with E-state index in [4.69, 9.17) is 0 Å². The molecule has 0 spiro atoms. The fourth-order valence-electron chi connectivity index (χ4n) is 2.25. The molecule has 2 aromatic heterocycles. The van der Waals surface area contributed by atoms with E-state index in [-0.39, 0.29) is 5.69 Å². The highest BCUT2D eigenvalue weighted by Gasteiger charge is 2.15. The first-order valence-corrected chi connectivity index (χ1v) is 5.87. The summed E-state index contributed by atoms with van der Waals surface area (Å²) < 4.78 is 0. The molecule has 0 aromatic carbocycles. The number of hydrogen-bond donors (Lipinski definition) is 4. The van der Waals surface area contributed by atoms with Gasteiger partial charge in [-0.2, -0.15) is 4.98 Å². The molecule has 6 heteroatoms. The third-order valence-corrected chi connectivity index (χ3v) is 3.09. The van der Waals surface area contributed by atoms with Crippen molar-refractivity contribution in [3.05, 3.63) is 22.7 Å². The number of rotatable bonds is 2. The summed E-state index contributed by atoms with van der Waals surface area (Å²) in [7, 11) is 0. The smallest absolute Gasteiger partial charge is 0.348 e. The van der Waals surface area contributed by atoms with E-state index < -0.39 is 0 Å². The molecule has 3 rings (SSSR count). The molecule has 1 saturated heterocycles. The Balaban J connectivity index is 1.93. The predicted octanol–water partition coefficient (Wildman–Crippen LogP) is 0.415. The molecule has 1 atom stereocenters. The molecule has 6 nitrogen and oxygen atoms in total. The second-order valence-corrected chi connectivity index (χ2v) is 4.34. The number of nitrogens with one attached hydrogen (secondary N) is 4. The van der Waals surface area contributed by atoms with E-state index in [2.05, 4.69) is 25.6 Å². The van der Waals surface area contributed by atoms with Gasteiger partial charge in [-0.15, -0.1) is 0 Å². The first-order chi connectivity index (χ1) is 8.33. The van der Waals surface area contributed by atoms with Crippen molar-refractivity contribution in [2.24, 2.45) is 0 Å². The van der Waals surface area contributed by atoms with Gasteiger partial charge in [-0.25, -0.2) is 4.79 Å². The van der Waals surface area contributed by atoms with Gasteiger partial charge in [0, 0.05) is 18.8 Å². The van der Waals surface area contributed by atoms with Crippen molar-refractivity contribution < 1.29 is 0 Å². The Morgan fingerprint density at radius 3 is 3.24 bits per heavy atom. The first-order valence-electron chi connectivity index (χ1n) is 5.87. The van der Waals surface area contributed by atoms with Crippen molar-refractivity contribution in [1.82, 2.24) is 20.3 Å². The van der Waals surface area contributed by atoms with Crippen molar-refractivity contribution in [2.45, 2.75) is 18.9 Å². The minimum Gasteiger partial charge on any atom is -0.365 e. The number of nitrogens with zero attached hydrogens (tertiary/aromatic N) is 1. The quantitative estimate of drug-likeness (QED) is 0.605. The number of aromatic nitrogens is 3. The van der Waals surface area contributed by atoms with Gasteiger partial charge in [0.25, 0.3) is 0 Å². The standard InChI is InChI=1S/C11H15N5O/c17-11-15-9-8(3-5-13-9)10(16-11)14-7-2-1-4-12-6-7/h3,5,7,12H,1-2,4,6H2,(H3,13,14,15,16,17). The molecule has 1 unspecified atom stereocenters. The van der Waals surface area contributed by atoms with Crippen molar-refractivity contribution in [3.63, 3.8) is 0 Å². The van der Waals surface area contributed by atoms with Crippen molar-refractivity contribution in [3.8, 4) is 0 Å². The zero-order valence-electron chi connectivity index (χ0n) is 9.42. The average molecular weight is 233 g/mol. The highest BCUT2D eigenvalue weighted by molar-refractivity contribution is 5.86. The van der Waals surface area contributed by atoms with Crippen LogP contribution in [-0.4, -0.2) is 34.1 Å². The van der Waals surface area contributed by atoms with Crippen LogP contribution in [0, 0.1) is 0 Å². The van der Waals surface area contributed by atoms with Crippen LogP contribution in [0.1, 0.15) is 12.8 Å².